The molecule has 0 radical (unpaired) electrons. The lowest BCUT2D eigenvalue weighted by atomic mass is 10.1. The molecule has 0 bridgehead atoms. The molecule has 0 saturated heterocycles. The lowest BCUT2D eigenvalue weighted by Crippen LogP contribution is -2.17. The van der Waals surface area contributed by atoms with Crippen LogP contribution in [0.1, 0.15) is 24.2 Å². The Morgan fingerprint density at radius 1 is 1.18 bits per heavy atom. The molecule has 0 unspecified atom stereocenters. The monoisotopic (exact) mass is 299 g/mol. The Hall–Kier alpha value is -2.87. The molecule has 2 aromatic carbocycles. The molecule has 112 valence electrons. The summed E-state index contributed by atoms with van der Waals surface area (Å²) >= 11 is 0. The van der Waals surface area contributed by atoms with Gasteiger partial charge < -0.3 is 9.47 Å². The fraction of sp³-hybridized carbons (Fsp3) is 0.176. The van der Waals surface area contributed by atoms with Crippen molar-refractivity contribution < 1.29 is 18.7 Å². The number of nitrogens with zero attached hydrogens (tertiary/aromatic N) is 1. The van der Waals surface area contributed by atoms with Crippen molar-refractivity contribution >= 4 is 5.97 Å². The number of ether oxygens (including phenoxy) is 2. The molecule has 22 heavy (non-hydrogen) atoms. The van der Waals surface area contributed by atoms with Gasteiger partial charge >= 0.3 is 5.97 Å². The third-order valence-electron chi connectivity index (χ3n) is 2.99. The summed E-state index contributed by atoms with van der Waals surface area (Å²) in [4.78, 5) is 11.7. The lowest BCUT2D eigenvalue weighted by molar-refractivity contribution is -0.151. The van der Waals surface area contributed by atoms with Crippen molar-refractivity contribution in [2.45, 2.75) is 13.0 Å². The van der Waals surface area contributed by atoms with Crippen LogP contribution in [0.15, 0.2) is 48.5 Å². The molecule has 0 N–H and O–H groups in total. The van der Waals surface area contributed by atoms with Crippen molar-refractivity contribution in [2.24, 2.45) is 0 Å². The minimum Gasteiger partial charge on any atom is -0.482 e. The smallest absolute Gasteiger partial charge is 0.344 e. The molecular formula is C17H14FNO3. The highest BCUT2D eigenvalue weighted by Crippen LogP contribution is 2.17. The van der Waals surface area contributed by atoms with Crippen molar-refractivity contribution in [3.8, 4) is 11.8 Å². The van der Waals surface area contributed by atoms with E-state index in [1.807, 2.05) is 6.07 Å². The van der Waals surface area contributed by atoms with E-state index in [1.54, 1.807) is 43.3 Å². The van der Waals surface area contributed by atoms with Crippen molar-refractivity contribution in [1.29, 1.82) is 5.26 Å². The van der Waals surface area contributed by atoms with Crippen LogP contribution in [0.4, 0.5) is 4.39 Å². The zero-order chi connectivity index (χ0) is 15.9. The highest BCUT2D eigenvalue weighted by molar-refractivity contribution is 5.71. The summed E-state index contributed by atoms with van der Waals surface area (Å²) in [5.41, 5.74) is 1.22. The Morgan fingerprint density at radius 2 is 1.82 bits per heavy atom. The molecule has 0 fully saturated rings. The predicted octanol–water partition coefficient (Wildman–Crippen LogP) is 3.38. The first-order chi connectivity index (χ1) is 10.6. The number of carbonyl (C=O) groups excluding carboxylic acids is 1. The number of halogens is 1. The number of hydrogen-bond acceptors (Lipinski definition) is 4. The van der Waals surface area contributed by atoms with Crippen molar-refractivity contribution in [3.05, 3.63) is 65.5 Å². The second-order valence-corrected chi connectivity index (χ2v) is 4.61. The van der Waals surface area contributed by atoms with Crippen molar-refractivity contribution in [1.82, 2.24) is 0 Å². The SMILES string of the molecule is C[C@@H](OC(=O)COc1ccc(C#N)cc1)c1ccc(F)cc1. The van der Waals surface area contributed by atoms with Gasteiger partial charge in [0.05, 0.1) is 11.6 Å². The summed E-state index contributed by atoms with van der Waals surface area (Å²) in [6.07, 6.45) is -0.488. The Balaban J connectivity index is 1.84. The summed E-state index contributed by atoms with van der Waals surface area (Å²) in [6.45, 7) is 1.46. The molecule has 4 nitrogen and oxygen atoms in total. The van der Waals surface area contributed by atoms with E-state index < -0.39 is 12.1 Å². The number of carbonyl (C=O) groups is 1. The molecule has 1 atom stereocenters. The molecule has 0 aromatic heterocycles. The van der Waals surface area contributed by atoms with Crippen LogP contribution in [0.3, 0.4) is 0 Å². The number of esters is 1. The van der Waals surface area contributed by atoms with E-state index in [2.05, 4.69) is 0 Å². The molecule has 0 aliphatic heterocycles. The number of benzene rings is 2. The van der Waals surface area contributed by atoms with Gasteiger partial charge in [0.15, 0.2) is 6.61 Å². The zero-order valence-electron chi connectivity index (χ0n) is 12.0. The lowest BCUT2D eigenvalue weighted by Gasteiger charge is -2.14. The molecule has 0 heterocycles. The maximum atomic E-state index is 12.8. The zero-order valence-corrected chi connectivity index (χ0v) is 12.0. The standard InChI is InChI=1S/C17H14FNO3/c1-12(14-4-6-15(18)7-5-14)22-17(20)11-21-16-8-2-13(10-19)3-9-16/h2-9,12H,11H2,1H3/t12-/m1/s1. The third-order valence-corrected chi connectivity index (χ3v) is 2.99. The van der Waals surface area contributed by atoms with Gasteiger partial charge in [0.2, 0.25) is 0 Å². The largest absolute Gasteiger partial charge is 0.482 e. The van der Waals surface area contributed by atoms with E-state index in [0.29, 0.717) is 16.9 Å². The fourth-order valence-corrected chi connectivity index (χ4v) is 1.80. The number of rotatable bonds is 5. The van der Waals surface area contributed by atoms with E-state index in [4.69, 9.17) is 14.7 Å². The van der Waals surface area contributed by atoms with Gasteiger partial charge in [-0.2, -0.15) is 5.26 Å². The summed E-state index contributed by atoms with van der Waals surface area (Å²) in [7, 11) is 0. The summed E-state index contributed by atoms with van der Waals surface area (Å²) in [6, 6.07) is 14.2. The fourth-order valence-electron chi connectivity index (χ4n) is 1.80. The van der Waals surface area contributed by atoms with Gasteiger partial charge in [-0.15, -0.1) is 0 Å². The van der Waals surface area contributed by atoms with E-state index in [9.17, 15) is 9.18 Å². The van der Waals surface area contributed by atoms with Crippen LogP contribution in [-0.4, -0.2) is 12.6 Å². The summed E-state index contributed by atoms with van der Waals surface area (Å²) in [5.74, 6) is -0.391. The van der Waals surface area contributed by atoms with Crippen molar-refractivity contribution in [2.75, 3.05) is 6.61 Å². The van der Waals surface area contributed by atoms with Crippen LogP contribution in [0.25, 0.3) is 0 Å². The highest BCUT2D eigenvalue weighted by Gasteiger charge is 2.12. The number of hydrogen-bond donors (Lipinski definition) is 0. The average molecular weight is 299 g/mol. The maximum Gasteiger partial charge on any atom is 0.344 e. The Morgan fingerprint density at radius 3 is 2.41 bits per heavy atom. The molecule has 5 heteroatoms. The molecule has 0 amide bonds. The van der Waals surface area contributed by atoms with Crippen LogP contribution in [0.5, 0.6) is 5.75 Å². The molecular weight excluding hydrogens is 285 g/mol. The normalized spacial score (nSPS) is 11.3. The molecule has 0 aliphatic carbocycles. The predicted molar refractivity (Wildman–Crippen MR) is 77.6 cm³/mol. The summed E-state index contributed by atoms with van der Waals surface area (Å²) < 4.78 is 23.3. The van der Waals surface area contributed by atoms with Crippen LogP contribution >= 0.6 is 0 Å². The van der Waals surface area contributed by atoms with Gasteiger partial charge in [0.25, 0.3) is 0 Å². The highest BCUT2D eigenvalue weighted by atomic mass is 19.1. The first-order valence-electron chi connectivity index (χ1n) is 6.66. The van der Waals surface area contributed by atoms with Crippen LogP contribution in [-0.2, 0) is 9.53 Å². The summed E-state index contributed by atoms with van der Waals surface area (Å²) in [5, 5.41) is 8.68. The maximum absolute atomic E-state index is 12.8. The third kappa shape index (κ3) is 4.32. The second kappa shape index (κ2) is 7.23. The molecule has 0 aliphatic rings. The second-order valence-electron chi connectivity index (χ2n) is 4.61. The Bertz CT molecular complexity index is 675. The van der Waals surface area contributed by atoms with Gasteiger partial charge in [-0.3, -0.25) is 0 Å². The van der Waals surface area contributed by atoms with Crippen LogP contribution in [0.2, 0.25) is 0 Å². The molecule has 0 spiro atoms. The average Bonchev–Trinajstić information content (AvgIpc) is 2.54. The quantitative estimate of drug-likeness (QED) is 0.794. The van der Waals surface area contributed by atoms with Gasteiger partial charge in [0, 0.05) is 0 Å². The van der Waals surface area contributed by atoms with Crippen molar-refractivity contribution in [3.63, 3.8) is 0 Å². The number of nitriles is 1. The molecule has 0 saturated carbocycles. The first kappa shape index (κ1) is 15.5. The molecule has 2 rings (SSSR count). The molecule has 2 aromatic rings. The van der Waals surface area contributed by atoms with E-state index >= 15 is 0 Å². The van der Waals surface area contributed by atoms with Crippen LogP contribution < -0.4 is 4.74 Å². The van der Waals surface area contributed by atoms with E-state index in [0.717, 1.165) is 0 Å². The first-order valence-corrected chi connectivity index (χ1v) is 6.66. The van der Waals surface area contributed by atoms with Gasteiger partial charge in [-0.1, -0.05) is 12.1 Å². The van der Waals surface area contributed by atoms with Gasteiger partial charge in [0.1, 0.15) is 17.7 Å². The van der Waals surface area contributed by atoms with Gasteiger partial charge in [-0.25, -0.2) is 9.18 Å². The topological polar surface area (TPSA) is 59.3 Å². The van der Waals surface area contributed by atoms with Crippen LogP contribution in [0, 0.1) is 17.1 Å². The minimum atomic E-state index is -0.527. The minimum absolute atomic E-state index is 0.239. The Kier molecular flexibility index (Phi) is 5.10. The Labute approximate surface area is 127 Å². The van der Waals surface area contributed by atoms with E-state index in [1.165, 1.54) is 12.1 Å². The van der Waals surface area contributed by atoms with Gasteiger partial charge in [-0.05, 0) is 48.9 Å². The van der Waals surface area contributed by atoms with E-state index in [-0.39, 0.29) is 12.4 Å².